The molecule has 0 atom stereocenters. The van der Waals surface area contributed by atoms with Crippen molar-refractivity contribution in [3.05, 3.63) is 58.7 Å². The Kier molecular flexibility index (Phi) is 3.57. The lowest BCUT2D eigenvalue weighted by molar-refractivity contribution is 0.108. The second-order valence-electron chi connectivity index (χ2n) is 3.41. The second-order valence-corrected chi connectivity index (χ2v) is 3.76. The maximum absolute atomic E-state index is 11.3. The van der Waals surface area contributed by atoms with Gasteiger partial charge >= 0.3 is 0 Å². The fraction of sp³-hybridized carbons (Fsp3) is 0. The van der Waals surface area contributed by atoms with Gasteiger partial charge in [-0.15, -0.1) is 0 Å². The van der Waals surface area contributed by atoms with E-state index in [0.29, 0.717) is 5.56 Å². The molecule has 5 nitrogen and oxygen atoms in total. The maximum atomic E-state index is 11.3. The summed E-state index contributed by atoms with van der Waals surface area (Å²) >= 11 is 5.44. The lowest BCUT2D eigenvalue weighted by Gasteiger charge is -2.07. The predicted octanol–water partition coefficient (Wildman–Crippen LogP) is 4.07. The van der Waals surface area contributed by atoms with Crippen molar-refractivity contribution < 1.29 is 4.79 Å². The second kappa shape index (κ2) is 5.31. The van der Waals surface area contributed by atoms with Crippen LogP contribution in [0, 0.1) is 0 Å². The summed E-state index contributed by atoms with van der Waals surface area (Å²) < 4.78 is 0. The highest BCUT2D eigenvalue weighted by atomic mass is 35.5. The van der Waals surface area contributed by atoms with E-state index in [1.54, 1.807) is 0 Å². The summed E-state index contributed by atoms with van der Waals surface area (Å²) in [4.78, 5) is 17.9. The van der Waals surface area contributed by atoms with E-state index >= 15 is 0 Å². The van der Waals surface area contributed by atoms with Crippen molar-refractivity contribution in [2.45, 2.75) is 0 Å². The molecule has 0 saturated heterocycles. The van der Waals surface area contributed by atoms with Crippen LogP contribution in [0.15, 0.2) is 47.8 Å². The lowest BCUT2D eigenvalue weighted by Crippen LogP contribution is -1.93. The summed E-state index contributed by atoms with van der Waals surface area (Å²) in [6, 6.07) is 9.20. The molecule has 0 unspecified atom stereocenters. The molecule has 0 bridgehead atoms. The van der Waals surface area contributed by atoms with E-state index in [9.17, 15) is 4.79 Å². The van der Waals surface area contributed by atoms with Gasteiger partial charge in [0, 0.05) is 22.9 Å². The first-order valence-corrected chi connectivity index (χ1v) is 5.40. The summed E-state index contributed by atoms with van der Waals surface area (Å²) in [5, 5.41) is 2.83. The number of aromatic nitrogens is 1. The Morgan fingerprint density at radius 1 is 1.28 bits per heavy atom. The van der Waals surface area contributed by atoms with E-state index in [0.717, 1.165) is 5.56 Å². The van der Waals surface area contributed by atoms with Gasteiger partial charge in [0.2, 0.25) is 0 Å². The van der Waals surface area contributed by atoms with E-state index < -0.39 is 5.24 Å². The molecule has 1 aromatic carbocycles. The van der Waals surface area contributed by atoms with Crippen LogP contribution < -0.4 is 0 Å². The van der Waals surface area contributed by atoms with Crippen LogP contribution in [-0.4, -0.2) is 10.2 Å². The molecular weight excluding hydrogens is 252 g/mol. The number of hydrogen-bond acceptors (Lipinski definition) is 3. The van der Waals surface area contributed by atoms with Crippen molar-refractivity contribution in [2.24, 2.45) is 5.11 Å². The van der Waals surface area contributed by atoms with Crippen molar-refractivity contribution in [1.82, 2.24) is 4.98 Å². The maximum Gasteiger partial charge on any atom is 0.254 e. The van der Waals surface area contributed by atoms with Gasteiger partial charge in [0.15, 0.2) is 0 Å². The van der Waals surface area contributed by atoms with Gasteiger partial charge < -0.3 is 0 Å². The minimum absolute atomic E-state index is 0.0934. The monoisotopic (exact) mass is 258 g/mol. The number of rotatable bonds is 3. The van der Waals surface area contributed by atoms with Gasteiger partial charge in [-0.3, -0.25) is 9.78 Å². The molecule has 2 rings (SSSR count). The fourth-order valence-corrected chi connectivity index (χ4v) is 1.72. The topological polar surface area (TPSA) is 78.7 Å². The molecule has 0 N–H and O–H groups in total. The highest BCUT2D eigenvalue weighted by molar-refractivity contribution is 6.68. The number of benzene rings is 1. The molecule has 1 heterocycles. The van der Waals surface area contributed by atoms with Gasteiger partial charge in [0.25, 0.3) is 5.24 Å². The zero-order valence-corrected chi connectivity index (χ0v) is 9.87. The van der Waals surface area contributed by atoms with E-state index in [1.165, 1.54) is 12.4 Å². The Hall–Kier alpha value is -2.36. The molecule has 0 radical (unpaired) electrons. The summed E-state index contributed by atoms with van der Waals surface area (Å²) in [5.74, 6) is 0. The normalized spacial score (nSPS) is 9.61. The Bertz CT molecular complexity index is 636. The third-order valence-electron chi connectivity index (χ3n) is 2.36. The largest absolute Gasteiger partial charge is 0.276 e. The van der Waals surface area contributed by atoms with Gasteiger partial charge in [0.05, 0.1) is 11.3 Å². The van der Waals surface area contributed by atoms with Crippen molar-refractivity contribution in [3.8, 4) is 11.1 Å². The van der Waals surface area contributed by atoms with Crippen LogP contribution in [0.3, 0.4) is 0 Å². The highest BCUT2D eigenvalue weighted by Crippen LogP contribution is 2.33. The van der Waals surface area contributed by atoms with E-state index in [-0.39, 0.29) is 11.3 Å². The average molecular weight is 259 g/mol. The van der Waals surface area contributed by atoms with Crippen LogP contribution in [0.25, 0.3) is 21.6 Å². The smallest absolute Gasteiger partial charge is 0.254 e. The first kappa shape index (κ1) is 12.1. The fourth-order valence-electron chi connectivity index (χ4n) is 1.58. The summed E-state index contributed by atoms with van der Waals surface area (Å²) in [5.41, 5.74) is 10.2. The standard InChI is InChI=1S/C12H7ClN4O/c13-12(18)10-7-15-6-9(11(10)16-17-14)8-4-2-1-3-5-8/h1-7H. The van der Waals surface area contributed by atoms with Crippen molar-refractivity contribution in [2.75, 3.05) is 0 Å². The highest BCUT2D eigenvalue weighted by Gasteiger charge is 2.13. The molecular formula is C12H7ClN4O. The molecule has 0 spiro atoms. The van der Waals surface area contributed by atoms with Gasteiger partial charge in [-0.2, -0.15) is 0 Å². The molecule has 2 aromatic rings. The minimum Gasteiger partial charge on any atom is -0.276 e. The van der Waals surface area contributed by atoms with Gasteiger partial charge in [-0.05, 0) is 22.7 Å². The van der Waals surface area contributed by atoms with Gasteiger partial charge in [-0.25, -0.2) is 0 Å². The summed E-state index contributed by atoms with van der Waals surface area (Å²) in [6.07, 6.45) is 2.81. The molecule has 0 amide bonds. The zero-order chi connectivity index (χ0) is 13.0. The summed E-state index contributed by atoms with van der Waals surface area (Å²) in [7, 11) is 0. The lowest BCUT2D eigenvalue weighted by atomic mass is 10.0. The molecule has 0 aliphatic carbocycles. The number of azide groups is 1. The average Bonchev–Trinajstić information content (AvgIpc) is 2.40. The number of pyridine rings is 1. The predicted molar refractivity (Wildman–Crippen MR) is 68.7 cm³/mol. The zero-order valence-electron chi connectivity index (χ0n) is 9.12. The molecule has 0 fully saturated rings. The first-order valence-electron chi connectivity index (χ1n) is 5.02. The minimum atomic E-state index is -0.706. The Morgan fingerprint density at radius 2 is 2.00 bits per heavy atom. The molecule has 0 aliphatic rings. The number of nitrogens with zero attached hydrogens (tertiary/aromatic N) is 4. The number of carbonyl (C=O) groups is 1. The number of carbonyl (C=O) groups excluding carboxylic acids is 1. The van der Waals surface area contributed by atoms with Crippen LogP contribution in [0.2, 0.25) is 0 Å². The van der Waals surface area contributed by atoms with E-state index in [2.05, 4.69) is 15.0 Å². The number of hydrogen-bond donors (Lipinski definition) is 0. The third-order valence-corrected chi connectivity index (χ3v) is 2.56. The van der Waals surface area contributed by atoms with Crippen LogP contribution in [-0.2, 0) is 0 Å². The molecule has 0 saturated carbocycles. The number of halogens is 1. The molecule has 18 heavy (non-hydrogen) atoms. The quantitative estimate of drug-likeness (QED) is 0.360. The SMILES string of the molecule is [N-]=[N+]=Nc1c(C(=O)Cl)cncc1-c1ccccc1. The van der Waals surface area contributed by atoms with Gasteiger partial charge in [0.1, 0.15) is 0 Å². The first-order chi connectivity index (χ1) is 8.74. The third kappa shape index (κ3) is 2.32. The summed E-state index contributed by atoms with van der Waals surface area (Å²) in [6.45, 7) is 0. The van der Waals surface area contributed by atoms with E-state index in [1.807, 2.05) is 30.3 Å². The van der Waals surface area contributed by atoms with Crippen molar-refractivity contribution in [1.29, 1.82) is 0 Å². The van der Waals surface area contributed by atoms with E-state index in [4.69, 9.17) is 17.1 Å². The van der Waals surface area contributed by atoms with Crippen molar-refractivity contribution >= 4 is 22.5 Å². The molecule has 88 valence electrons. The molecule has 6 heteroatoms. The Morgan fingerprint density at radius 3 is 2.61 bits per heavy atom. The molecule has 1 aromatic heterocycles. The van der Waals surface area contributed by atoms with Crippen LogP contribution in [0.4, 0.5) is 5.69 Å². The van der Waals surface area contributed by atoms with Crippen LogP contribution in [0.5, 0.6) is 0 Å². The van der Waals surface area contributed by atoms with Crippen molar-refractivity contribution in [3.63, 3.8) is 0 Å². The van der Waals surface area contributed by atoms with Gasteiger partial charge in [-0.1, -0.05) is 35.4 Å². The molecule has 0 aliphatic heterocycles. The van der Waals surface area contributed by atoms with Crippen LogP contribution in [0.1, 0.15) is 10.4 Å². The Labute approximate surface area is 108 Å². The Balaban J connectivity index is 2.71. The van der Waals surface area contributed by atoms with Crippen LogP contribution >= 0.6 is 11.6 Å².